The first kappa shape index (κ1) is 77.1. The van der Waals surface area contributed by atoms with Crippen LogP contribution < -0.4 is 5.32 Å². The van der Waals surface area contributed by atoms with E-state index < -0.39 is 49.5 Å². The van der Waals surface area contributed by atoms with E-state index in [-0.39, 0.29) is 18.5 Å². The number of unbranched alkanes of at least 4 members (excludes halogenated alkanes) is 36. The number of aliphatic hydroxyl groups excluding tert-OH is 5. The summed E-state index contributed by atoms with van der Waals surface area (Å²) in [7, 11) is 0. The van der Waals surface area contributed by atoms with Crippen molar-refractivity contribution < 1.29 is 49.3 Å². The van der Waals surface area contributed by atoms with Crippen LogP contribution in [0.4, 0.5) is 0 Å². The SMILES string of the molecule is C/C=C/CC/C=C/CC/C=C/C(O)C(COC1OC(CO)C(O)C(O)C1O)NC(=O)CCCCCCCCCCCCC/C=C\C/C=C\CCCCCCCCCCCOC(=O)CCCCCCCCC/C=C\CCCCCCCCC. The molecule has 0 bridgehead atoms. The molecule has 0 aliphatic carbocycles. The molecule has 0 aromatic rings. The quantitative estimate of drug-likeness (QED) is 0.0195. The van der Waals surface area contributed by atoms with Crippen molar-refractivity contribution in [1.29, 1.82) is 0 Å². The molecule has 1 saturated heterocycles. The van der Waals surface area contributed by atoms with Crippen LogP contribution in [0, 0.1) is 0 Å². The lowest BCUT2D eigenvalue weighted by Crippen LogP contribution is -2.60. The first-order valence-corrected chi connectivity index (χ1v) is 34.2. The number of amides is 1. The standard InChI is InChI=1S/C71H127NO10/c1-3-5-7-9-11-13-14-15-16-17-30-33-36-39-43-47-51-55-59-67(76)80-60-56-52-48-44-40-37-34-31-28-26-24-22-20-18-19-21-23-25-27-29-32-35-38-42-46-50-54-58-66(75)72-63(64(74)57-53-49-45-41-12-10-8-6-4-2)62-81-71-70(79)69(78)68(77)65(61-73)82-71/h4,6,12,16-19,22,24,41,53,57,63-65,68-71,73-74,77-79H,3,5,7-11,13-15,20-21,23,25-40,42-52,54-56,58-62H2,1-2H3,(H,72,75)/b6-4+,17-16-,19-18-,24-22-,41-12+,57-53+. The second-order valence-corrected chi connectivity index (χ2v) is 23.5. The van der Waals surface area contributed by atoms with Crippen LogP contribution in [-0.4, -0.2) is 100 Å². The number of hydrogen-bond donors (Lipinski definition) is 6. The lowest BCUT2D eigenvalue weighted by atomic mass is 9.99. The predicted octanol–water partition coefficient (Wildman–Crippen LogP) is 17.1. The fourth-order valence-electron chi connectivity index (χ4n) is 10.4. The number of aliphatic hydroxyl groups is 5. The Bertz CT molecular complexity index is 1590. The third kappa shape index (κ3) is 48.3. The molecule has 0 aromatic carbocycles. The highest BCUT2D eigenvalue weighted by Crippen LogP contribution is 2.23. The van der Waals surface area contributed by atoms with Crippen molar-refractivity contribution in [3.8, 4) is 0 Å². The van der Waals surface area contributed by atoms with Gasteiger partial charge in [-0.3, -0.25) is 9.59 Å². The number of carbonyl (C=O) groups excluding carboxylic acids is 2. The molecule has 0 radical (unpaired) electrons. The molecule has 7 unspecified atom stereocenters. The Morgan fingerprint density at radius 3 is 1.35 bits per heavy atom. The first-order valence-electron chi connectivity index (χ1n) is 34.2. The van der Waals surface area contributed by atoms with Gasteiger partial charge in [-0.2, -0.15) is 0 Å². The number of carbonyl (C=O) groups is 2. The summed E-state index contributed by atoms with van der Waals surface area (Å²) in [6.07, 6.45) is 70.6. The highest BCUT2D eigenvalue weighted by atomic mass is 16.7. The lowest BCUT2D eigenvalue weighted by molar-refractivity contribution is -0.302. The van der Waals surface area contributed by atoms with Crippen molar-refractivity contribution in [2.75, 3.05) is 19.8 Å². The summed E-state index contributed by atoms with van der Waals surface area (Å²) in [6, 6.07) is -0.837. The fourth-order valence-corrected chi connectivity index (χ4v) is 10.4. The van der Waals surface area contributed by atoms with Gasteiger partial charge in [0.05, 0.1) is 32.0 Å². The molecular formula is C71H127NO10. The predicted molar refractivity (Wildman–Crippen MR) is 343 cm³/mol. The molecular weight excluding hydrogens is 1030 g/mol. The second-order valence-electron chi connectivity index (χ2n) is 23.5. The maximum Gasteiger partial charge on any atom is 0.305 e. The fraction of sp³-hybridized carbons (Fsp3) is 0.803. The van der Waals surface area contributed by atoms with Crippen LogP contribution in [-0.2, 0) is 23.8 Å². The van der Waals surface area contributed by atoms with Gasteiger partial charge in [0.15, 0.2) is 6.29 Å². The van der Waals surface area contributed by atoms with Crippen molar-refractivity contribution in [2.24, 2.45) is 0 Å². The van der Waals surface area contributed by atoms with Gasteiger partial charge in [-0.1, -0.05) is 253 Å². The van der Waals surface area contributed by atoms with Crippen molar-refractivity contribution in [2.45, 2.75) is 346 Å². The van der Waals surface area contributed by atoms with E-state index >= 15 is 0 Å². The number of allylic oxidation sites excluding steroid dienone is 11. The molecule has 11 heteroatoms. The van der Waals surface area contributed by atoms with Crippen LogP contribution >= 0.6 is 0 Å². The van der Waals surface area contributed by atoms with E-state index in [2.05, 4.69) is 66.9 Å². The Morgan fingerprint density at radius 1 is 0.476 bits per heavy atom. The van der Waals surface area contributed by atoms with Gasteiger partial charge >= 0.3 is 5.97 Å². The zero-order valence-electron chi connectivity index (χ0n) is 52.7. The van der Waals surface area contributed by atoms with Gasteiger partial charge in [0.25, 0.3) is 0 Å². The number of ether oxygens (including phenoxy) is 3. The van der Waals surface area contributed by atoms with Crippen LogP contribution in [0.3, 0.4) is 0 Å². The summed E-state index contributed by atoms with van der Waals surface area (Å²) >= 11 is 0. The van der Waals surface area contributed by atoms with Crippen LogP contribution in [0.1, 0.15) is 303 Å². The molecule has 476 valence electrons. The maximum atomic E-state index is 13.0. The van der Waals surface area contributed by atoms with Gasteiger partial charge in [-0.25, -0.2) is 0 Å². The van der Waals surface area contributed by atoms with E-state index in [1.807, 2.05) is 19.1 Å². The highest BCUT2D eigenvalue weighted by molar-refractivity contribution is 5.76. The largest absolute Gasteiger partial charge is 0.466 e. The summed E-state index contributed by atoms with van der Waals surface area (Å²) < 4.78 is 16.7. The highest BCUT2D eigenvalue weighted by Gasteiger charge is 2.44. The van der Waals surface area contributed by atoms with E-state index in [1.165, 1.54) is 193 Å². The second kappa shape index (κ2) is 59.8. The summed E-state index contributed by atoms with van der Waals surface area (Å²) in [5.41, 5.74) is 0. The number of hydrogen-bond acceptors (Lipinski definition) is 10. The molecule has 6 N–H and O–H groups in total. The van der Waals surface area contributed by atoms with Gasteiger partial charge in [0.2, 0.25) is 5.91 Å². The van der Waals surface area contributed by atoms with Crippen molar-refractivity contribution in [1.82, 2.24) is 5.32 Å². The van der Waals surface area contributed by atoms with E-state index in [0.717, 1.165) is 83.5 Å². The Balaban J connectivity index is 1.95. The van der Waals surface area contributed by atoms with Crippen molar-refractivity contribution >= 4 is 11.9 Å². The van der Waals surface area contributed by atoms with Crippen LogP contribution in [0.2, 0.25) is 0 Å². The molecule has 0 saturated carbocycles. The Kier molecular flexibility index (Phi) is 56.2. The van der Waals surface area contributed by atoms with E-state index in [0.29, 0.717) is 19.4 Å². The molecule has 82 heavy (non-hydrogen) atoms. The van der Waals surface area contributed by atoms with E-state index in [9.17, 15) is 35.1 Å². The Labute approximate surface area is 502 Å². The third-order valence-corrected chi connectivity index (χ3v) is 15.8. The van der Waals surface area contributed by atoms with E-state index in [1.54, 1.807) is 6.08 Å². The average molecular weight is 1150 g/mol. The molecule has 1 heterocycles. The summed E-state index contributed by atoms with van der Waals surface area (Å²) in [4.78, 5) is 25.1. The van der Waals surface area contributed by atoms with Gasteiger partial charge in [-0.15, -0.1) is 0 Å². The van der Waals surface area contributed by atoms with Crippen molar-refractivity contribution in [3.05, 3.63) is 72.9 Å². The molecule has 1 aliphatic heterocycles. The molecule has 1 amide bonds. The summed E-state index contributed by atoms with van der Waals surface area (Å²) in [6.45, 7) is 4.09. The lowest BCUT2D eigenvalue weighted by Gasteiger charge is -2.40. The van der Waals surface area contributed by atoms with Crippen LogP contribution in [0.25, 0.3) is 0 Å². The van der Waals surface area contributed by atoms with Gasteiger partial charge < -0.3 is 45.1 Å². The number of nitrogens with one attached hydrogen (secondary N) is 1. The molecule has 0 spiro atoms. The number of esters is 1. The Morgan fingerprint density at radius 2 is 0.878 bits per heavy atom. The van der Waals surface area contributed by atoms with E-state index in [4.69, 9.17) is 14.2 Å². The van der Waals surface area contributed by atoms with Crippen LogP contribution in [0.15, 0.2) is 72.9 Å². The van der Waals surface area contributed by atoms with Crippen LogP contribution in [0.5, 0.6) is 0 Å². The Hall–Kier alpha value is -2.90. The average Bonchev–Trinajstić information content (AvgIpc) is 3.48. The normalized spacial score (nSPS) is 18.6. The topological polar surface area (TPSA) is 175 Å². The monoisotopic (exact) mass is 1150 g/mol. The first-order chi connectivity index (χ1) is 40.2. The zero-order valence-corrected chi connectivity index (χ0v) is 52.7. The minimum Gasteiger partial charge on any atom is -0.466 e. The maximum absolute atomic E-state index is 13.0. The minimum absolute atomic E-state index is 0.00299. The zero-order chi connectivity index (χ0) is 59.5. The smallest absolute Gasteiger partial charge is 0.305 e. The van der Waals surface area contributed by atoms with Gasteiger partial charge in [0.1, 0.15) is 24.4 Å². The summed E-state index contributed by atoms with van der Waals surface area (Å²) in [5, 5.41) is 54.2. The molecule has 1 rings (SSSR count). The van der Waals surface area contributed by atoms with Gasteiger partial charge in [-0.05, 0) is 110 Å². The van der Waals surface area contributed by atoms with Crippen molar-refractivity contribution in [3.63, 3.8) is 0 Å². The molecule has 7 atom stereocenters. The third-order valence-electron chi connectivity index (χ3n) is 15.8. The summed E-state index contributed by atoms with van der Waals surface area (Å²) in [5.74, 6) is -0.206. The molecule has 11 nitrogen and oxygen atoms in total. The number of rotatable bonds is 59. The minimum atomic E-state index is -1.58. The molecule has 1 aliphatic rings. The molecule has 0 aromatic heterocycles. The van der Waals surface area contributed by atoms with Gasteiger partial charge in [0, 0.05) is 12.8 Å². The molecule has 1 fully saturated rings.